The molecule has 0 spiro atoms. The number of aromatic amines is 1. The molecule has 0 aliphatic carbocycles. The third kappa shape index (κ3) is 4.38. The van der Waals surface area contributed by atoms with Gasteiger partial charge in [0.15, 0.2) is 16.6 Å². The monoisotopic (exact) mass is 437 g/mol. The molecule has 1 aromatic carbocycles. The number of hydrogen-bond acceptors (Lipinski definition) is 8. The number of nitrogens with zero attached hydrogens (tertiary/aromatic N) is 6. The zero-order valence-corrected chi connectivity index (χ0v) is 18.4. The van der Waals surface area contributed by atoms with Crippen molar-refractivity contribution in [3.05, 3.63) is 59.0 Å². The highest BCUT2D eigenvalue weighted by Crippen LogP contribution is 2.30. The van der Waals surface area contributed by atoms with Crippen LogP contribution in [-0.2, 0) is 6.54 Å². The highest BCUT2D eigenvalue weighted by Gasteiger charge is 2.19. The molecular weight excluding hydrogens is 414 g/mol. The Morgan fingerprint density at radius 3 is 2.58 bits per heavy atom. The van der Waals surface area contributed by atoms with E-state index in [1.165, 1.54) is 6.33 Å². The quantitative estimate of drug-likeness (QED) is 0.331. The molecule has 31 heavy (non-hydrogen) atoms. The van der Waals surface area contributed by atoms with Crippen LogP contribution in [0.25, 0.3) is 11.2 Å². The van der Waals surface area contributed by atoms with Gasteiger partial charge < -0.3 is 14.6 Å². The molecule has 0 unspecified atom stereocenters. The van der Waals surface area contributed by atoms with Crippen LogP contribution in [0.4, 0.5) is 11.5 Å². The maximum atomic E-state index is 12.8. The maximum Gasteiger partial charge on any atom is 0.328 e. The van der Waals surface area contributed by atoms with E-state index in [4.69, 9.17) is 9.72 Å². The molecule has 0 aliphatic heterocycles. The lowest BCUT2D eigenvalue weighted by atomic mass is 10.2. The normalized spacial score (nSPS) is 11.1. The average molecular weight is 438 g/mol. The lowest BCUT2D eigenvalue weighted by Gasteiger charge is -2.19. The lowest BCUT2D eigenvalue weighted by molar-refractivity contribution is 0.415. The SMILES string of the molecule is CCCSc1nc(N(C)c2ccc(OC)cc2)c2[nH]c(=O)n(Cc3cncnc3)c2n1. The zero-order valence-electron chi connectivity index (χ0n) is 17.6. The van der Waals surface area contributed by atoms with Gasteiger partial charge in [-0.2, -0.15) is 0 Å². The summed E-state index contributed by atoms with van der Waals surface area (Å²) in [6.07, 6.45) is 5.84. The van der Waals surface area contributed by atoms with E-state index in [2.05, 4.69) is 26.9 Å². The predicted molar refractivity (Wildman–Crippen MR) is 121 cm³/mol. The van der Waals surface area contributed by atoms with Crippen LogP contribution in [-0.4, -0.2) is 49.4 Å². The second-order valence-corrected chi connectivity index (χ2v) is 7.96. The van der Waals surface area contributed by atoms with Crippen LogP contribution in [0.2, 0.25) is 0 Å². The fraction of sp³-hybridized carbons (Fsp3) is 0.286. The standard InChI is InChI=1S/C21H23N7O2S/c1-4-9-31-20-25-18(27(2)15-5-7-16(30-3)8-6-15)17-19(26-20)28(21(29)24-17)12-14-10-22-13-23-11-14/h5-8,10-11,13H,4,9,12H2,1-3H3,(H,24,29). The van der Waals surface area contributed by atoms with Crippen LogP contribution in [0.1, 0.15) is 18.9 Å². The number of ether oxygens (including phenoxy) is 1. The molecule has 160 valence electrons. The summed E-state index contributed by atoms with van der Waals surface area (Å²) in [6, 6.07) is 7.67. The second kappa shape index (κ2) is 9.17. The Bertz CT molecular complexity index is 1220. The summed E-state index contributed by atoms with van der Waals surface area (Å²) >= 11 is 1.57. The van der Waals surface area contributed by atoms with E-state index < -0.39 is 0 Å². The van der Waals surface area contributed by atoms with Crippen LogP contribution in [0, 0.1) is 0 Å². The predicted octanol–water partition coefficient (Wildman–Crippen LogP) is 3.24. The van der Waals surface area contributed by atoms with Crippen molar-refractivity contribution in [3.8, 4) is 5.75 Å². The molecule has 4 rings (SSSR count). The molecule has 9 nitrogen and oxygen atoms in total. The molecule has 0 radical (unpaired) electrons. The molecule has 0 saturated heterocycles. The van der Waals surface area contributed by atoms with E-state index >= 15 is 0 Å². The van der Waals surface area contributed by atoms with Gasteiger partial charge in [-0.3, -0.25) is 4.57 Å². The molecule has 3 aromatic heterocycles. The minimum atomic E-state index is -0.254. The summed E-state index contributed by atoms with van der Waals surface area (Å²) in [5.41, 5.74) is 2.61. The Hall–Kier alpha value is -3.40. The minimum absolute atomic E-state index is 0.254. The summed E-state index contributed by atoms with van der Waals surface area (Å²) < 4.78 is 6.85. The fourth-order valence-corrected chi connectivity index (χ4v) is 3.85. The number of methoxy groups -OCH3 is 1. The van der Waals surface area contributed by atoms with Crippen molar-refractivity contribution in [2.24, 2.45) is 0 Å². The first-order valence-corrected chi connectivity index (χ1v) is 10.8. The van der Waals surface area contributed by atoms with E-state index in [0.29, 0.717) is 28.7 Å². The Labute approximate surface area is 183 Å². The number of anilines is 2. The molecule has 1 N–H and O–H groups in total. The highest BCUT2D eigenvalue weighted by atomic mass is 32.2. The van der Waals surface area contributed by atoms with Crippen molar-refractivity contribution in [1.82, 2.24) is 29.5 Å². The van der Waals surface area contributed by atoms with E-state index in [1.54, 1.807) is 35.8 Å². The van der Waals surface area contributed by atoms with Gasteiger partial charge in [0.1, 0.15) is 17.6 Å². The molecule has 4 aromatic rings. The number of thioether (sulfide) groups is 1. The van der Waals surface area contributed by atoms with E-state index in [0.717, 1.165) is 29.2 Å². The number of benzene rings is 1. The Morgan fingerprint density at radius 1 is 1.16 bits per heavy atom. The number of hydrogen-bond donors (Lipinski definition) is 1. The first-order valence-electron chi connectivity index (χ1n) is 9.85. The van der Waals surface area contributed by atoms with Gasteiger partial charge in [-0.15, -0.1) is 0 Å². The molecule has 0 atom stereocenters. The van der Waals surface area contributed by atoms with Gasteiger partial charge in [0, 0.05) is 36.4 Å². The van der Waals surface area contributed by atoms with Crippen molar-refractivity contribution in [1.29, 1.82) is 0 Å². The van der Waals surface area contributed by atoms with E-state index in [1.807, 2.05) is 36.2 Å². The summed E-state index contributed by atoms with van der Waals surface area (Å²) in [4.78, 5) is 35.2. The highest BCUT2D eigenvalue weighted by molar-refractivity contribution is 7.99. The summed E-state index contributed by atoms with van der Waals surface area (Å²) in [7, 11) is 3.55. The number of aromatic nitrogens is 6. The summed E-state index contributed by atoms with van der Waals surface area (Å²) in [5, 5.41) is 0.627. The molecule has 0 amide bonds. The Morgan fingerprint density at radius 2 is 1.90 bits per heavy atom. The van der Waals surface area contributed by atoms with Crippen molar-refractivity contribution < 1.29 is 4.74 Å². The molecule has 10 heteroatoms. The first kappa shape index (κ1) is 20.9. The third-order valence-corrected chi connectivity index (χ3v) is 5.80. The first-order chi connectivity index (χ1) is 15.1. The molecule has 3 heterocycles. The van der Waals surface area contributed by atoms with Crippen molar-refractivity contribution in [2.45, 2.75) is 25.0 Å². The van der Waals surface area contributed by atoms with Gasteiger partial charge in [-0.05, 0) is 30.7 Å². The maximum absolute atomic E-state index is 12.8. The van der Waals surface area contributed by atoms with Gasteiger partial charge in [0.2, 0.25) is 0 Å². The van der Waals surface area contributed by atoms with Crippen molar-refractivity contribution in [3.63, 3.8) is 0 Å². The van der Waals surface area contributed by atoms with Crippen LogP contribution < -0.4 is 15.3 Å². The van der Waals surface area contributed by atoms with Gasteiger partial charge in [-0.1, -0.05) is 18.7 Å². The number of rotatable bonds is 8. The van der Waals surface area contributed by atoms with Gasteiger partial charge >= 0.3 is 5.69 Å². The van der Waals surface area contributed by atoms with E-state index in [-0.39, 0.29) is 5.69 Å². The smallest absolute Gasteiger partial charge is 0.328 e. The van der Waals surface area contributed by atoms with Crippen LogP contribution in [0.15, 0.2) is 52.9 Å². The number of imidazole rings is 1. The number of nitrogens with one attached hydrogen (secondary N) is 1. The Balaban J connectivity index is 1.83. The molecule has 0 bridgehead atoms. The fourth-order valence-electron chi connectivity index (χ4n) is 3.17. The lowest BCUT2D eigenvalue weighted by Crippen LogP contribution is -2.18. The van der Waals surface area contributed by atoms with Crippen LogP contribution in [0.5, 0.6) is 5.75 Å². The number of H-pyrrole nitrogens is 1. The summed E-state index contributed by atoms with van der Waals surface area (Å²) in [5.74, 6) is 2.29. The molecule has 0 saturated carbocycles. The average Bonchev–Trinajstić information content (AvgIpc) is 3.12. The zero-order chi connectivity index (χ0) is 21.8. The van der Waals surface area contributed by atoms with Gasteiger partial charge in [0.05, 0.1) is 13.7 Å². The topological polar surface area (TPSA) is 102 Å². The molecular formula is C21H23N7O2S. The molecule has 0 fully saturated rings. The minimum Gasteiger partial charge on any atom is -0.497 e. The van der Waals surface area contributed by atoms with Gasteiger partial charge in [-0.25, -0.2) is 24.7 Å². The van der Waals surface area contributed by atoms with Crippen LogP contribution in [0.3, 0.4) is 0 Å². The van der Waals surface area contributed by atoms with Crippen molar-refractivity contribution in [2.75, 3.05) is 24.8 Å². The third-order valence-electron chi connectivity index (χ3n) is 4.75. The largest absolute Gasteiger partial charge is 0.497 e. The van der Waals surface area contributed by atoms with Crippen molar-refractivity contribution >= 4 is 34.4 Å². The van der Waals surface area contributed by atoms with Gasteiger partial charge in [0.25, 0.3) is 0 Å². The van der Waals surface area contributed by atoms with E-state index in [9.17, 15) is 4.79 Å². The number of fused-ring (bicyclic) bond motifs is 1. The van der Waals surface area contributed by atoms with Crippen LogP contribution >= 0.6 is 11.8 Å². The second-order valence-electron chi connectivity index (χ2n) is 6.90. The summed E-state index contributed by atoms with van der Waals surface area (Å²) in [6.45, 7) is 2.43. The Kier molecular flexibility index (Phi) is 6.17. The molecule has 0 aliphatic rings.